The number of nitrogens with one attached hydrogen (secondary N) is 1. The van der Waals surface area contributed by atoms with E-state index in [0.717, 1.165) is 10.6 Å². The number of hydrogen-bond acceptors (Lipinski definition) is 3. The lowest BCUT2D eigenvalue weighted by atomic mass is 10.1. The van der Waals surface area contributed by atoms with Crippen LogP contribution >= 0.6 is 11.3 Å². The molecular weight excluding hydrogens is 258 g/mol. The molecule has 0 spiro atoms. The average molecular weight is 273 g/mol. The lowest BCUT2D eigenvalue weighted by Gasteiger charge is -2.07. The van der Waals surface area contributed by atoms with Crippen molar-refractivity contribution in [3.63, 3.8) is 0 Å². The number of aryl methyl sites for hydroxylation is 2. The summed E-state index contributed by atoms with van der Waals surface area (Å²) in [5.74, 6) is -0.853. The smallest absolute Gasteiger partial charge is 0.345 e. The Labute approximate surface area is 115 Å². The number of thiophene rings is 1. The Hall–Kier alpha value is -1.81. The fourth-order valence-electron chi connectivity index (χ4n) is 2.46. The zero-order valence-corrected chi connectivity index (χ0v) is 11.3. The molecule has 1 aliphatic rings. The lowest BCUT2D eigenvalue weighted by Crippen LogP contribution is -1.98. The van der Waals surface area contributed by atoms with Crippen LogP contribution in [0.2, 0.25) is 0 Å². The van der Waals surface area contributed by atoms with Gasteiger partial charge in [-0.05, 0) is 54.7 Å². The predicted molar refractivity (Wildman–Crippen MR) is 77.1 cm³/mol. The fraction of sp³-hybridized carbons (Fsp3) is 0.267. The summed E-state index contributed by atoms with van der Waals surface area (Å²) in [7, 11) is 0. The topological polar surface area (TPSA) is 49.3 Å². The monoisotopic (exact) mass is 273 g/mol. The lowest BCUT2D eigenvalue weighted by molar-refractivity contribution is 0.0702. The number of fused-ring (bicyclic) bond motifs is 1. The fourth-order valence-corrected chi connectivity index (χ4v) is 3.25. The van der Waals surface area contributed by atoms with Gasteiger partial charge in [-0.3, -0.25) is 0 Å². The number of carboxylic acid groups (broad SMARTS) is 1. The van der Waals surface area contributed by atoms with Crippen LogP contribution in [-0.2, 0) is 19.4 Å². The van der Waals surface area contributed by atoms with Crippen molar-refractivity contribution in [2.75, 3.05) is 5.32 Å². The van der Waals surface area contributed by atoms with Gasteiger partial charge in [-0.25, -0.2) is 4.79 Å². The SMILES string of the molecule is O=C(O)c1ccc(CNc2ccc3c(c2)CCC3)s1. The van der Waals surface area contributed by atoms with Crippen molar-refractivity contribution in [3.05, 3.63) is 51.2 Å². The Morgan fingerprint density at radius 3 is 2.84 bits per heavy atom. The molecule has 1 heterocycles. The molecule has 0 unspecified atom stereocenters. The van der Waals surface area contributed by atoms with Gasteiger partial charge in [0.25, 0.3) is 0 Å². The average Bonchev–Trinajstić information content (AvgIpc) is 3.04. The highest BCUT2D eigenvalue weighted by molar-refractivity contribution is 7.13. The number of anilines is 1. The molecule has 0 saturated heterocycles. The summed E-state index contributed by atoms with van der Waals surface area (Å²) in [6, 6.07) is 10.0. The molecule has 0 radical (unpaired) electrons. The van der Waals surface area contributed by atoms with Crippen molar-refractivity contribution in [3.8, 4) is 0 Å². The molecule has 2 aromatic rings. The molecule has 19 heavy (non-hydrogen) atoms. The maximum absolute atomic E-state index is 10.8. The Kier molecular flexibility index (Phi) is 3.25. The summed E-state index contributed by atoms with van der Waals surface area (Å²) in [6.45, 7) is 0.677. The summed E-state index contributed by atoms with van der Waals surface area (Å²) >= 11 is 1.32. The van der Waals surface area contributed by atoms with Crippen molar-refractivity contribution in [2.45, 2.75) is 25.8 Å². The third-order valence-electron chi connectivity index (χ3n) is 3.44. The van der Waals surface area contributed by atoms with E-state index in [-0.39, 0.29) is 0 Å². The van der Waals surface area contributed by atoms with Gasteiger partial charge in [0.1, 0.15) is 4.88 Å². The first-order valence-corrected chi connectivity index (χ1v) is 7.22. The van der Waals surface area contributed by atoms with Gasteiger partial charge in [-0.1, -0.05) is 6.07 Å². The van der Waals surface area contributed by atoms with Crippen molar-refractivity contribution in [1.82, 2.24) is 0 Å². The Morgan fingerprint density at radius 2 is 2.05 bits per heavy atom. The zero-order valence-electron chi connectivity index (χ0n) is 10.5. The Balaban J connectivity index is 1.67. The van der Waals surface area contributed by atoms with Crippen LogP contribution in [0.5, 0.6) is 0 Å². The van der Waals surface area contributed by atoms with E-state index in [2.05, 4.69) is 23.5 Å². The quantitative estimate of drug-likeness (QED) is 0.895. The van der Waals surface area contributed by atoms with Gasteiger partial charge < -0.3 is 10.4 Å². The molecule has 0 fully saturated rings. The predicted octanol–water partition coefficient (Wildman–Crippen LogP) is 3.55. The van der Waals surface area contributed by atoms with E-state index in [1.165, 1.54) is 41.7 Å². The Morgan fingerprint density at radius 1 is 1.21 bits per heavy atom. The molecule has 0 bridgehead atoms. The standard InChI is InChI=1S/C15H15NO2S/c17-15(18)14-7-6-13(19-14)9-16-12-5-4-10-2-1-3-11(10)8-12/h4-8,16H,1-3,9H2,(H,17,18). The van der Waals surface area contributed by atoms with E-state index in [1.807, 2.05) is 6.07 Å². The van der Waals surface area contributed by atoms with Crippen LogP contribution < -0.4 is 5.32 Å². The first-order valence-electron chi connectivity index (χ1n) is 6.40. The third kappa shape index (κ3) is 2.63. The van der Waals surface area contributed by atoms with E-state index in [1.54, 1.807) is 6.07 Å². The molecule has 1 aliphatic carbocycles. The van der Waals surface area contributed by atoms with Crippen LogP contribution in [0.1, 0.15) is 32.1 Å². The van der Waals surface area contributed by atoms with Gasteiger partial charge in [0, 0.05) is 17.1 Å². The maximum atomic E-state index is 10.8. The van der Waals surface area contributed by atoms with Crippen LogP contribution in [0.3, 0.4) is 0 Å². The van der Waals surface area contributed by atoms with E-state index < -0.39 is 5.97 Å². The summed E-state index contributed by atoms with van der Waals surface area (Å²) < 4.78 is 0. The second-order valence-corrected chi connectivity index (χ2v) is 5.93. The van der Waals surface area contributed by atoms with Crippen molar-refractivity contribution in [2.24, 2.45) is 0 Å². The highest BCUT2D eigenvalue weighted by Crippen LogP contribution is 2.25. The zero-order chi connectivity index (χ0) is 13.2. The second-order valence-electron chi connectivity index (χ2n) is 4.76. The summed E-state index contributed by atoms with van der Waals surface area (Å²) in [4.78, 5) is 12.2. The largest absolute Gasteiger partial charge is 0.477 e. The van der Waals surface area contributed by atoms with E-state index in [0.29, 0.717) is 11.4 Å². The number of carbonyl (C=O) groups is 1. The number of rotatable bonds is 4. The minimum atomic E-state index is -0.853. The first-order chi connectivity index (χ1) is 9.22. The van der Waals surface area contributed by atoms with Crippen molar-refractivity contribution >= 4 is 23.0 Å². The number of carboxylic acids is 1. The van der Waals surface area contributed by atoms with E-state index in [9.17, 15) is 4.79 Å². The highest BCUT2D eigenvalue weighted by atomic mass is 32.1. The molecule has 0 atom stereocenters. The molecule has 4 heteroatoms. The molecule has 1 aromatic heterocycles. The Bertz CT molecular complexity index is 618. The van der Waals surface area contributed by atoms with E-state index >= 15 is 0 Å². The molecule has 0 saturated carbocycles. The third-order valence-corrected chi connectivity index (χ3v) is 4.51. The second kappa shape index (κ2) is 5.05. The molecule has 0 amide bonds. The molecular formula is C15H15NO2S. The normalized spacial score (nSPS) is 13.3. The number of aromatic carboxylic acids is 1. The van der Waals surface area contributed by atoms with E-state index in [4.69, 9.17) is 5.11 Å². The first kappa shape index (κ1) is 12.2. The maximum Gasteiger partial charge on any atom is 0.345 e. The van der Waals surface area contributed by atoms with Gasteiger partial charge in [0.15, 0.2) is 0 Å². The summed E-state index contributed by atoms with van der Waals surface area (Å²) in [5.41, 5.74) is 4.03. The van der Waals surface area contributed by atoms with Gasteiger partial charge in [-0.2, -0.15) is 0 Å². The van der Waals surface area contributed by atoms with Gasteiger partial charge >= 0.3 is 5.97 Å². The molecule has 2 N–H and O–H groups in total. The van der Waals surface area contributed by atoms with Gasteiger partial charge in [0.05, 0.1) is 0 Å². The molecule has 1 aromatic carbocycles. The summed E-state index contributed by atoms with van der Waals surface area (Å²) in [5, 5.41) is 12.2. The van der Waals surface area contributed by atoms with Crippen LogP contribution in [-0.4, -0.2) is 11.1 Å². The number of hydrogen-bond donors (Lipinski definition) is 2. The van der Waals surface area contributed by atoms with Gasteiger partial charge in [0.2, 0.25) is 0 Å². The highest BCUT2D eigenvalue weighted by Gasteiger charge is 2.11. The van der Waals surface area contributed by atoms with Crippen molar-refractivity contribution < 1.29 is 9.90 Å². The van der Waals surface area contributed by atoms with Crippen LogP contribution in [0, 0.1) is 0 Å². The minimum Gasteiger partial charge on any atom is -0.477 e. The molecule has 98 valence electrons. The molecule has 0 aliphatic heterocycles. The van der Waals surface area contributed by atoms with Gasteiger partial charge in [-0.15, -0.1) is 11.3 Å². The molecule has 3 nitrogen and oxygen atoms in total. The number of benzene rings is 1. The van der Waals surface area contributed by atoms with Crippen LogP contribution in [0.15, 0.2) is 30.3 Å². The van der Waals surface area contributed by atoms with Crippen molar-refractivity contribution in [1.29, 1.82) is 0 Å². The summed E-state index contributed by atoms with van der Waals surface area (Å²) in [6.07, 6.45) is 3.63. The minimum absolute atomic E-state index is 0.394. The van der Waals surface area contributed by atoms with Crippen LogP contribution in [0.25, 0.3) is 0 Å². The molecule has 3 rings (SSSR count). The van der Waals surface area contributed by atoms with Crippen LogP contribution in [0.4, 0.5) is 5.69 Å².